The molecule has 1 aromatic carbocycles. The Hall–Kier alpha value is -2.33. The molecular weight excluding hydrogens is 288 g/mol. The number of hydrogen-bond donors (Lipinski definition) is 2. The first-order valence-corrected chi connectivity index (χ1v) is 8.08. The van der Waals surface area contributed by atoms with Gasteiger partial charge in [0.05, 0.1) is 11.4 Å². The van der Waals surface area contributed by atoms with E-state index in [1.807, 2.05) is 43.3 Å². The van der Waals surface area contributed by atoms with Crippen molar-refractivity contribution in [2.75, 3.05) is 10.5 Å². The number of rotatable bonds is 5. The molecule has 2 rings (SSSR count). The average Bonchev–Trinajstić information content (AvgIpc) is 2.78. The number of nitrogens with zero attached hydrogens (tertiary/aromatic N) is 2. The van der Waals surface area contributed by atoms with Crippen molar-refractivity contribution in [1.29, 1.82) is 5.26 Å². The van der Waals surface area contributed by atoms with E-state index < -0.39 is 10.0 Å². The summed E-state index contributed by atoms with van der Waals surface area (Å²) in [4.78, 5) is 0. The number of benzene rings is 1. The van der Waals surface area contributed by atoms with Gasteiger partial charge >= 0.3 is 0 Å². The molecule has 2 N–H and O–H groups in total. The lowest BCUT2D eigenvalue weighted by Gasteiger charge is -2.12. The first kappa shape index (κ1) is 15.1. The minimum atomic E-state index is -3.58. The maximum atomic E-state index is 12.2. The van der Waals surface area contributed by atoms with Crippen LogP contribution in [0.3, 0.4) is 0 Å². The van der Waals surface area contributed by atoms with Gasteiger partial charge in [-0.25, -0.2) is 8.42 Å². The summed E-state index contributed by atoms with van der Waals surface area (Å²) in [5, 5.41) is 15.4. The van der Waals surface area contributed by atoms with Gasteiger partial charge in [-0.3, -0.25) is 9.82 Å². The second-order valence-electron chi connectivity index (χ2n) is 4.88. The molecule has 0 saturated carbocycles. The number of aromatic amines is 1. The molecule has 6 nitrogen and oxygen atoms in total. The van der Waals surface area contributed by atoms with Gasteiger partial charge in [0.15, 0.2) is 5.82 Å². The van der Waals surface area contributed by atoms with Crippen molar-refractivity contribution in [3.8, 4) is 6.07 Å². The summed E-state index contributed by atoms with van der Waals surface area (Å²) in [6.07, 6.45) is 0. The number of nitriles is 1. The molecule has 0 fully saturated rings. The summed E-state index contributed by atoms with van der Waals surface area (Å²) < 4.78 is 26.7. The molecule has 0 saturated heterocycles. The van der Waals surface area contributed by atoms with E-state index in [9.17, 15) is 8.42 Å². The minimum absolute atomic E-state index is 0.0512. The number of anilines is 1. The summed E-state index contributed by atoms with van der Waals surface area (Å²) in [5.41, 5.74) is 1.69. The first-order valence-electron chi connectivity index (χ1n) is 6.43. The van der Waals surface area contributed by atoms with Crippen LogP contribution in [0.4, 0.5) is 5.82 Å². The Morgan fingerprint density at radius 2 is 2.05 bits per heavy atom. The number of aromatic nitrogens is 2. The van der Waals surface area contributed by atoms with Gasteiger partial charge in [0.1, 0.15) is 11.6 Å². The molecule has 0 radical (unpaired) electrons. The lowest BCUT2D eigenvalue weighted by atomic mass is 10.0. The predicted octanol–water partition coefficient (Wildman–Crippen LogP) is 2.14. The Balaban J connectivity index is 2.14. The van der Waals surface area contributed by atoms with Crippen LogP contribution in [0.15, 0.2) is 30.3 Å². The minimum Gasteiger partial charge on any atom is -0.279 e. The molecule has 0 aliphatic carbocycles. The zero-order chi connectivity index (χ0) is 15.5. The van der Waals surface area contributed by atoms with Crippen molar-refractivity contribution in [1.82, 2.24) is 10.2 Å². The average molecular weight is 304 g/mol. The summed E-state index contributed by atoms with van der Waals surface area (Å²) in [5.74, 6) is -0.183. The lowest BCUT2D eigenvalue weighted by Crippen LogP contribution is -2.21. The molecule has 0 aliphatic heterocycles. The van der Waals surface area contributed by atoms with E-state index in [-0.39, 0.29) is 23.1 Å². The number of H-pyrrole nitrogens is 1. The van der Waals surface area contributed by atoms with Crippen molar-refractivity contribution >= 4 is 15.8 Å². The van der Waals surface area contributed by atoms with Gasteiger partial charge in [0, 0.05) is 0 Å². The maximum absolute atomic E-state index is 12.2. The van der Waals surface area contributed by atoms with E-state index in [1.54, 1.807) is 6.92 Å². The molecule has 0 spiro atoms. The Morgan fingerprint density at radius 1 is 1.38 bits per heavy atom. The molecule has 21 heavy (non-hydrogen) atoms. The van der Waals surface area contributed by atoms with Crippen LogP contribution in [0.5, 0.6) is 0 Å². The van der Waals surface area contributed by atoms with E-state index in [2.05, 4.69) is 14.9 Å². The standard InChI is InChI=1S/C14H16N4O2S/c1-10(12-6-4-3-5-7-12)9-21(19,20)18-14-13(8-15)11(2)16-17-14/h3-7,10H,9H2,1-2H3,(H2,16,17,18). The van der Waals surface area contributed by atoms with Gasteiger partial charge in [-0.05, 0) is 18.4 Å². The van der Waals surface area contributed by atoms with Gasteiger partial charge in [-0.2, -0.15) is 10.4 Å². The van der Waals surface area contributed by atoms with Crippen LogP contribution in [-0.4, -0.2) is 24.4 Å². The maximum Gasteiger partial charge on any atom is 0.234 e. The monoisotopic (exact) mass is 304 g/mol. The van der Waals surface area contributed by atoms with E-state index in [0.29, 0.717) is 5.69 Å². The van der Waals surface area contributed by atoms with Crippen molar-refractivity contribution in [3.05, 3.63) is 47.2 Å². The van der Waals surface area contributed by atoms with E-state index in [0.717, 1.165) is 5.56 Å². The van der Waals surface area contributed by atoms with Crippen LogP contribution in [0.25, 0.3) is 0 Å². The summed E-state index contributed by atoms with van der Waals surface area (Å²) in [6.45, 7) is 3.51. The molecule has 110 valence electrons. The van der Waals surface area contributed by atoms with Crippen molar-refractivity contribution in [3.63, 3.8) is 0 Å². The third kappa shape index (κ3) is 3.61. The third-order valence-corrected chi connectivity index (χ3v) is 4.59. The fourth-order valence-corrected chi connectivity index (χ4v) is 3.41. The highest BCUT2D eigenvalue weighted by Crippen LogP contribution is 2.20. The van der Waals surface area contributed by atoms with Gasteiger partial charge in [0.2, 0.25) is 10.0 Å². The second kappa shape index (κ2) is 5.97. The molecule has 1 atom stereocenters. The fraction of sp³-hybridized carbons (Fsp3) is 0.286. The zero-order valence-electron chi connectivity index (χ0n) is 11.8. The fourth-order valence-electron chi connectivity index (χ4n) is 2.04. The largest absolute Gasteiger partial charge is 0.279 e. The smallest absolute Gasteiger partial charge is 0.234 e. The molecular formula is C14H16N4O2S. The van der Waals surface area contributed by atoms with E-state index in [1.165, 1.54) is 0 Å². The second-order valence-corrected chi connectivity index (χ2v) is 6.65. The van der Waals surface area contributed by atoms with E-state index in [4.69, 9.17) is 5.26 Å². The topological polar surface area (TPSA) is 98.6 Å². The van der Waals surface area contributed by atoms with Crippen LogP contribution >= 0.6 is 0 Å². The molecule has 7 heteroatoms. The quantitative estimate of drug-likeness (QED) is 0.884. The summed E-state index contributed by atoms with van der Waals surface area (Å²) in [7, 11) is -3.58. The highest BCUT2D eigenvalue weighted by molar-refractivity contribution is 7.92. The normalized spacial score (nSPS) is 12.6. The highest BCUT2D eigenvalue weighted by atomic mass is 32.2. The zero-order valence-corrected chi connectivity index (χ0v) is 12.6. The SMILES string of the molecule is Cc1[nH]nc(NS(=O)(=O)CC(C)c2ccccc2)c1C#N. The first-order chi connectivity index (χ1) is 9.93. The summed E-state index contributed by atoms with van der Waals surface area (Å²) in [6, 6.07) is 11.3. The number of aryl methyl sites for hydroxylation is 1. The number of sulfonamides is 1. The lowest BCUT2D eigenvalue weighted by molar-refractivity contribution is 0.595. The van der Waals surface area contributed by atoms with Gasteiger partial charge in [0.25, 0.3) is 0 Å². The Kier molecular flexibility index (Phi) is 4.29. The summed E-state index contributed by atoms with van der Waals surface area (Å²) >= 11 is 0. The predicted molar refractivity (Wildman–Crippen MR) is 80.3 cm³/mol. The number of hydrogen-bond acceptors (Lipinski definition) is 4. The van der Waals surface area contributed by atoms with Crippen LogP contribution in [-0.2, 0) is 10.0 Å². The number of nitrogens with one attached hydrogen (secondary N) is 2. The van der Waals surface area contributed by atoms with Gasteiger partial charge in [-0.15, -0.1) is 0 Å². The van der Waals surface area contributed by atoms with E-state index >= 15 is 0 Å². The third-order valence-electron chi connectivity index (χ3n) is 3.15. The van der Waals surface area contributed by atoms with Crippen molar-refractivity contribution in [2.45, 2.75) is 19.8 Å². The van der Waals surface area contributed by atoms with Crippen LogP contribution < -0.4 is 4.72 Å². The highest BCUT2D eigenvalue weighted by Gasteiger charge is 2.20. The van der Waals surface area contributed by atoms with Gasteiger partial charge in [-0.1, -0.05) is 37.3 Å². The Labute approximate surface area is 123 Å². The van der Waals surface area contributed by atoms with Crippen molar-refractivity contribution < 1.29 is 8.42 Å². The van der Waals surface area contributed by atoms with Crippen LogP contribution in [0.1, 0.15) is 29.7 Å². The van der Waals surface area contributed by atoms with Gasteiger partial charge < -0.3 is 0 Å². The molecule has 0 amide bonds. The van der Waals surface area contributed by atoms with Crippen LogP contribution in [0.2, 0.25) is 0 Å². The molecule has 1 unspecified atom stereocenters. The molecule has 0 bridgehead atoms. The molecule has 0 aliphatic rings. The molecule has 2 aromatic rings. The Bertz CT molecular complexity index is 760. The van der Waals surface area contributed by atoms with Crippen molar-refractivity contribution in [2.24, 2.45) is 0 Å². The van der Waals surface area contributed by atoms with Crippen LogP contribution in [0, 0.1) is 18.3 Å². The Morgan fingerprint density at radius 3 is 2.67 bits per heavy atom. The molecule has 1 aromatic heterocycles. The molecule has 1 heterocycles.